The van der Waals surface area contributed by atoms with Gasteiger partial charge in [0.15, 0.2) is 0 Å². The Bertz CT molecular complexity index is 473. The lowest BCUT2D eigenvalue weighted by Crippen LogP contribution is -2.51. The second kappa shape index (κ2) is 4.09. The van der Waals surface area contributed by atoms with Crippen molar-refractivity contribution in [3.63, 3.8) is 0 Å². The van der Waals surface area contributed by atoms with Crippen LogP contribution in [-0.4, -0.2) is 70.5 Å². The minimum absolute atomic E-state index is 0.0351. The maximum absolute atomic E-state index is 12.1. The van der Waals surface area contributed by atoms with Gasteiger partial charge in [-0.2, -0.15) is 0 Å². The molecule has 0 unspecified atom stereocenters. The number of morpholine rings is 1. The van der Waals surface area contributed by atoms with Crippen molar-refractivity contribution in [2.75, 3.05) is 26.7 Å². The summed E-state index contributed by atoms with van der Waals surface area (Å²) in [7, 11) is 1.76. The molecule has 2 amide bonds. The number of imidazole rings is 1. The number of nitrogens with zero attached hydrogens (tertiary/aromatic N) is 3. The van der Waals surface area contributed by atoms with E-state index in [0.717, 1.165) is 0 Å². The van der Waals surface area contributed by atoms with Crippen molar-refractivity contribution in [3.8, 4) is 0 Å². The van der Waals surface area contributed by atoms with Gasteiger partial charge in [-0.25, -0.2) is 4.98 Å². The van der Waals surface area contributed by atoms with Crippen LogP contribution in [0.5, 0.6) is 0 Å². The lowest BCUT2D eigenvalue weighted by molar-refractivity contribution is -0.150. The second-order valence-electron chi connectivity index (χ2n) is 4.60. The number of fused-ring (bicyclic) bond motifs is 1. The number of amides is 2. The third-order valence-corrected chi connectivity index (χ3v) is 3.56. The zero-order valence-electron chi connectivity index (χ0n) is 10.00. The SMILES string of the molecule is CN1C(=O)CO[C@H]2CN(C(=O)c3cnc[nH]3)C[C@@H]21. The normalized spacial score (nSPS) is 27.5. The monoisotopic (exact) mass is 250 g/mol. The van der Waals surface area contributed by atoms with Crippen LogP contribution in [0.15, 0.2) is 12.5 Å². The van der Waals surface area contributed by atoms with Gasteiger partial charge in [0.2, 0.25) is 5.91 Å². The molecule has 2 saturated heterocycles. The summed E-state index contributed by atoms with van der Waals surface area (Å²) in [5.74, 6) is -0.140. The molecule has 1 aromatic rings. The van der Waals surface area contributed by atoms with Crippen LogP contribution >= 0.6 is 0 Å². The highest BCUT2D eigenvalue weighted by atomic mass is 16.5. The zero-order valence-corrected chi connectivity index (χ0v) is 10.00. The summed E-state index contributed by atoms with van der Waals surface area (Å²) in [6.45, 7) is 1.12. The third-order valence-electron chi connectivity index (χ3n) is 3.56. The second-order valence-corrected chi connectivity index (χ2v) is 4.60. The molecule has 96 valence electrons. The molecule has 7 heteroatoms. The third kappa shape index (κ3) is 1.67. The minimum Gasteiger partial charge on any atom is -0.364 e. The van der Waals surface area contributed by atoms with E-state index in [4.69, 9.17) is 4.74 Å². The van der Waals surface area contributed by atoms with E-state index in [-0.39, 0.29) is 30.6 Å². The fourth-order valence-corrected chi connectivity index (χ4v) is 2.47. The van der Waals surface area contributed by atoms with E-state index in [1.54, 1.807) is 16.8 Å². The van der Waals surface area contributed by atoms with Crippen LogP contribution in [0.1, 0.15) is 10.5 Å². The molecule has 3 heterocycles. The quantitative estimate of drug-likeness (QED) is 0.700. The summed E-state index contributed by atoms with van der Waals surface area (Å²) in [6, 6.07) is -0.0434. The maximum atomic E-state index is 12.1. The molecule has 0 saturated carbocycles. The van der Waals surface area contributed by atoms with Gasteiger partial charge in [0.1, 0.15) is 12.3 Å². The van der Waals surface area contributed by atoms with E-state index in [0.29, 0.717) is 18.8 Å². The number of nitrogens with one attached hydrogen (secondary N) is 1. The molecule has 18 heavy (non-hydrogen) atoms. The molecule has 1 aromatic heterocycles. The van der Waals surface area contributed by atoms with Gasteiger partial charge in [-0.1, -0.05) is 0 Å². The number of carbonyl (C=O) groups excluding carboxylic acids is 2. The van der Waals surface area contributed by atoms with Gasteiger partial charge in [0.25, 0.3) is 5.91 Å². The average Bonchev–Trinajstić information content (AvgIpc) is 3.01. The van der Waals surface area contributed by atoms with Crippen LogP contribution in [0.3, 0.4) is 0 Å². The number of likely N-dealkylation sites (tertiary alicyclic amines) is 1. The van der Waals surface area contributed by atoms with Gasteiger partial charge >= 0.3 is 0 Å². The minimum atomic E-state index is -0.105. The number of ether oxygens (including phenoxy) is 1. The van der Waals surface area contributed by atoms with E-state index in [1.807, 2.05) is 0 Å². The maximum Gasteiger partial charge on any atom is 0.272 e. The summed E-state index contributed by atoms with van der Waals surface area (Å²) in [5, 5.41) is 0. The van der Waals surface area contributed by atoms with Gasteiger partial charge in [0.05, 0.1) is 24.7 Å². The number of aromatic nitrogens is 2. The molecule has 7 nitrogen and oxygen atoms in total. The molecule has 0 aliphatic carbocycles. The average molecular weight is 250 g/mol. The lowest BCUT2D eigenvalue weighted by Gasteiger charge is -2.33. The zero-order chi connectivity index (χ0) is 12.7. The molecule has 2 fully saturated rings. The van der Waals surface area contributed by atoms with Crippen molar-refractivity contribution >= 4 is 11.8 Å². The van der Waals surface area contributed by atoms with E-state index in [2.05, 4.69) is 9.97 Å². The molecule has 0 aromatic carbocycles. The molecule has 2 atom stereocenters. The van der Waals surface area contributed by atoms with Crippen molar-refractivity contribution in [1.82, 2.24) is 19.8 Å². The van der Waals surface area contributed by atoms with E-state index in [9.17, 15) is 9.59 Å². The van der Waals surface area contributed by atoms with E-state index in [1.165, 1.54) is 12.5 Å². The Morgan fingerprint density at radius 3 is 3.11 bits per heavy atom. The van der Waals surface area contributed by atoms with Crippen molar-refractivity contribution in [3.05, 3.63) is 18.2 Å². The first-order valence-corrected chi connectivity index (χ1v) is 5.81. The number of rotatable bonds is 1. The van der Waals surface area contributed by atoms with Crippen LogP contribution in [-0.2, 0) is 9.53 Å². The van der Waals surface area contributed by atoms with Gasteiger partial charge in [-0.15, -0.1) is 0 Å². The number of hydrogen-bond donors (Lipinski definition) is 1. The largest absolute Gasteiger partial charge is 0.364 e. The van der Waals surface area contributed by atoms with Crippen molar-refractivity contribution in [2.45, 2.75) is 12.1 Å². The predicted octanol–water partition coefficient (Wildman–Crippen LogP) is -0.909. The van der Waals surface area contributed by atoms with E-state index < -0.39 is 0 Å². The predicted molar refractivity (Wildman–Crippen MR) is 60.8 cm³/mol. The van der Waals surface area contributed by atoms with Gasteiger partial charge in [0, 0.05) is 20.1 Å². The molecule has 1 N–H and O–H groups in total. The molecule has 2 aliphatic rings. The van der Waals surface area contributed by atoms with Crippen molar-refractivity contribution in [1.29, 1.82) is 0 Å². The van der Waals surface area contributed by atoms with Crippen LogP contribution in [0.25, 0.3) is 0 Å². The Hall–Kier alpha value is -1.89. The Morgan fingerprint density at radius 1 is 1.56 bits per heavy atom. The first-order valence-electron chi connectivity index (χ1n) is 5.81. The molecule has 0 spiro atoms. The summed E-state index contributed by atoms with van der Waals surface area (Å²) in [5.41, 5.74) is 0.461. The highest BCUT2D eigenvalue weighted by Crippen LogP contribution is 2.23. The molecule has 0 radical (unpaired) electrons. The Morgan fingerprint density at radius 2 is 2.39 bits per heavy atom. The smallest absolute Gasteiger partial charge is 0.272 e. The van der Waals surface area contributed by atoms with Gasteiger partial charge in [-0.05, 0) is 0 Å². The Balaban J connectivity index is 1.75. The Labute approximate surface area is 104 Å². The lowest BCUT2D eigenvalue weighted by atomic mass is 10.1. The standard InChI is InChI=1S/C11H14N4O3/c1-14-8-3-15(4-9(8)18-5-10(14)16)11(17)7-2-12-6-13-7/h2,6,8-9H,3-5H2,1H3,(H,12,13)/t8-,9-/m0/s1. The number of likely N-dealkylation sites (N-methyl/N-ethyl adjacent to an activating group) is 1. The number of H-pyrrole nitrogens is 1. The van der Waals surface area contributed by atoms with Crippen LogP contribution in [0, 0.1) is 0 Å². The Kier molecular flexibility index (Phi) is 2.55. The van der Waals surface area contributed by atoms with Gasteiger partial charge < -0.3 is 19.5 Å². The summed E-state index contributed by atoms with van der Waals surface area (Å²) in [4.78, 5) is 33.7. The summed E-state index contributed by atoms with van der Waals surface area (Å²) < 4.78 is 5.47. The van der Waals surface area contributed by atoms with Crippen LogP contribution < -0.4 is 0 Å². The fourth-order valence-electron chi connectivity index (χ4n) is 2.47. The summed E-state index contributed by atoms with van der Waals surface area (Å²) >= 11 is 0. The molecule has 3 rings (SSSR count). The van der Waals surface area contributed by atoms with Gasteiger partial charge in [-0.3, -0.25) is 9.59 Å². The number of hydrogen-bond acceptors (Lipinski definition) is 4. The van der Waals surface area contributed by atoms with Crippen LogP contribution in [0.4, 0.5) is 0 Å². The van der Waals surface area contributed by atoms with Crippen molar-refractivity contribution in [2.24, 2.45) is 0 Å². The molecule has 0 bridgehead atoms. The molecule has 2 aliphatic heterocycles. The number of aromatic amines is 1. The molecular weight excluding hydrogens is 236 g/mol. The van der Waals surface area contributed by atoms with Crippen molar-refractivity contribution < 1.29 is 14.3 Å². The molecular formula is C11H14N4O3. The van der Waals surface area contributed by atoms with E-state index >= 15 is 0 Å². The first-order chi connectivity index (χ1) is 8.66. The highest BCUT2D eigenvalue weighted by Gasteiger charge is 2.43. The first kappa shape index (κ1) is 11.2. The topological polar surface area (TPSA) is 78.5 Å². The summed E-state index contributed by atoms with van der Waals surface area (Å²) in [6.07, 6.45) is 2.89. The highest BCUT2D eigenvalue weighted by molar-refractivity contribution is 5.92. The fraction of sp³-hybridized carbons (Fsp3) is 0.545. The number of carbonyl (C=O) groups is 2. The van der Waals surface area contributed by atoms with Crippen LogP contribution in [0.2, 0.25) is 0 Å².